The molecule has 0 atom stereocenters. The Morgan fingerprint density at radius 2 is 1.60 bits per heavy atom. The molecule has 0 aromatic carbocycles. The second-order valence-electron chi connectivity index (χ2n) is 5.32. The van der Waals surface area contributed by atoms with Crippen molar-refractivity contribution >= 4 is 5.97 Å². The highest BCUT2D eigenvalue weighted by atomic mass is 16.5. The molecular formula is C11H22O4. The number of hydrogen-bond donors (Lipinski definition) is 2. The summed E-state index contributed by atoms with van der Waals surface area (Å²) < 4.78 is 5.01. The molecule has 4 heteroatoms. The third kappa shape index (κ3) is 5.14. The van der Waals surface area contributed by atoms with Gasteiger partial charge in [0.05, 0.1) is 19.8 Å². The van der Waals surface area contributed by atoms with Gasteiger partial charge < -0.3 is 14.9 Å². The third-order valence-corrected chi connectivity index (χ3v) is 2.28. The van der Waals surface area contributed by atoms with Crippen LogP contribution in [-0.2, 0) is 9.53 Å². The van der Waals surface area contributed by atoms with E-state index in [9.17, 15) is 4.79 Å². The van der Waals surface area contributed by atoms with Crippen molar-refractivity contribution in [2.24, 2.45) is 10.8 Å². The van der Waals surface area contributed by atoms with Crippen LogP contribution in [0.4, 0.5) is 0 Å². The molecule has 0 aliphatic heterocycles. The molecule has 0 amide bonds. The molecule has 0 radical (unpaired) electrons. The first-order valence-electron chi connectivity index (χ1n) is 5.14. The van der Waals surface area contributed by atoms with E-state index in [4.69, 9.17) is 14.9 Å². The first-order chi connectivity index (χ1) is 6.75. The monoisotopic (exact) mass is 218 g/mol. The molecule has 2 N–H and O–H groups in total. The van der Waals surface area contributed by atoms with E-state index in [-0.39, 0.29) is 5.41 Å². The average molecular weight is 218 g/mol. The van der Waals surface area contributed by atoms with Gasteiger partial charge >= 0.3 is 5.97 Å². The molecule has 0 aromatic rings. The molecule has 0 spiro atoms. The van der Waals surface area contributed by atoms with E-state index in [1.165, 1.54) is 6.92 Å². The average Bonchev–Trinajstić information content (AvgIpc) is 2.14. The van der Waals surface area contributed by atoms with Crippen LogP contribution in [0.15, 0.2) is 0 Å². The lowest BCUT2D eigenvalue weighted by atomic mass is 9.92. The van der Waals surface area contributed by atoms with Crippen molar-refractivity contribution in [3.8, 4) is 0 Å². The van der Waals surface area contributed by atoms with Crippen LogP contribution in [0.5, 0.6) is 0 Å². The zero-order chi connectivity index (χ0) is 12.1. The first kappa shape index (κ1) is 14.4. The van der Waals surface area contributed by atoms with Gasteiger partial charge in [-0.2, -0.15) is 0 Å². The van der Waals surface area contributed by atoms with E-state index in [2.05, 4.69) is 20.8 Å². The minimum Gasteiger partial charge on any atom is -0.465 e. The van der Waals surface area contributed by atoms with Crippen LogP contribution in [0.1, 0.15) is 34.1 Å². The van der Waals surface area contributed by atoms with Gasteiger partial charge in [-0.25, -0.2) is 0 Å². The van der Waals surface area contributed by atoms with E-state index < -0.39 is 24.6 Å². The molecule has 0 saturated heterocycles. The van der Waals surface area contributed by atoms with Gasteiger partial charge in [0.1, 0.15) is 5.41 Å². The zero-order valence-electron chi connectivity index (χ0n) is 10.0. The van der Waals surface area contributed by atoms with Gasteiger partial charge in [-0.05, 0) is 18.8 Å². The number of carbonyl (C=O) groups excluding carboxylic acids is 1. The maximum absolute atomic E-state index is 11.5. The van der Waals surface area contributed by atoms with Crippen molar-refractivity contribution in [3.63, 3.8) is 0 Å². The van der Waals surface area contributed by atoms with E-state index in [0.29, 0.717) is 6.61 Å². The summed E-state index contributed by atoms with van der Waals surface area (Å²) in [5.74, 6) is -0.545. The number of rotatable bonds is 5. The number of aliphatic hydroxyl groups is 2. The maximum atomic E-state index is 11.5. The molecule has 0 bridgehead atoms. The normalized spacial score (nSPS) is 12.7. The molecule has 90 valence electrons. The zero-order valence-corrected chi connectivity index (χ0v) is 10.0. The topological polar surface area (TPSA) is 66.8 Å². The Labute approximate surface area is 91.3 Å². The fraction of sp³-hybridized carbons (Fsp3) is 0.909. The van der Waals surface area contributed by atoms with Crippen LogP contribution in [0.3, 0.4) is 0 Å². The van der Waals surface area contributed by atoms with Crippen molar-refractivity contribution < 1.29 is 19.7 Å². The lowest BCUT2D eigenvalue weighted by Crippen LogP contribution is -2.37. The van der Waals surface area contributed by atoms with Crippen molar-refractivity contribution in [1.82, 2.24) is 0 Å². The lowest BCUT2D eigenvalue weighted by molar-refractivity contribution is -0.160. The van der Waals surface area contributed by atoms with Gasteiger partial charge in [0.25, 0.3) is 0 Å². The van der Waals surface area contributed by atoms with E-state index in [1.807, 2.05) is 0 Å². The Hall–Kier alpha value is -0.610. The number of ether oxygens (including phenoxy) is 1. The molecule has 0 aromatic heterocycles. The van der Waals surface area contributed by atoms with Crippen LogP contribution in [0.2, 0.25) is 0 Å². The quantitative estimate of drug-likeness (QED) is 0.674. The predicted octanol–water partition coefficient (Wildman–Crippen LogP) is 0.957. The molecule has 0 unspecified atom stereocenters. The maximum Gasteiger partial charge on any atom is 0.316 e. The number of carbonyl (C=O) groups is 1. The van der Waals surface area contributed by atoms with E-state index in [0.717, 1.165) is 6.42 Å². The van der Waals surface area contributed by atoms with Crippen LogP contribution in [0, 0.1) is 10.8 Å². The summed E-state index contributed by atoms with van der Waals surface area (Å²) in [5.41, 5.74) is -1.08. The Morgan fingerprint density at radius 3 is 1.93 bits per heavy atom. The summed E-state index contributed by atoms with van der Waals surface area (Å²) in [6.45, 7) is 7.15. The molecule has 0 aliphatic carbocycles. The Kier molecular flexibility index (Phi) is 5.24. The standard InChI is InChI=1S/C11H22O4/c1-10(2,3)5-6-15-9(14)11(4,7-12)8-13/h12-13H,5-8H2,1-4H3. The number of hydrogen-bond acceptors (Lipinski definition) is 4. The largest absolute Gasteiger partial charge is 0.465 e. The van der Waals surface area contributed by atoms with Gasteiger partial charge in [-0.3, -0.25) is 4.79 Å². The van der Waals surface area contributed by atoms with Gasteiger partial charge in [-0.1, -0.05) is 20.8 Å². The molecule has 0 saturated carbocycles. The predicted molar refractivity (Wildman–Crippen MR) is 57.3 cm³/mol. The van der Waals surface area contributed by atoms with Gasteiger partial charge in [0.2, 0.25) is 0 Å². The lowest BCUT2D eigenvalue weighted by Gasteiger charge is -2.24. The molecule has 0 rings (SSSR count). The minimum atomic E-state index is -1.18. The summed E-state index contributed by atoms with van der Waals surface area (Å²) in [5, 5.41) is 17.9. The SMILES string of the molecule is CC(C)(C)CCOC(=O)C(C)(CO)CO. The third-order valence-electron chi connectivity index (χ3n) is 2.28. The van der Waals surface area contributed by atoms with E-state index in [1.54, 1.807) is 0 Å². The Morgan fingerprint density at radius 1 is 1.13 bits per heavy atom. The summed E-state index contributed by atoms with van der Waals surface area (Å²) in [6, 6.07) is 0. The van der Waals surface area contributed by atoms with Crippen LogP contribution in [0.25, 0.3) is 0 Å². The van der Waals surface area contributed by atoms with Crippen LogP contribution in [-0.4, -0.2) is 36.0 Å². The van der Waals surface area contributed by atoms with Crippen LogP contribution >= 0.6 is 0 Å². The molecular weight excluding hydrogens is 196 g/mol. The van der Waals surface area contributed by atoms with Crippen molar-refractivity contribution in [1.29, 1.82) is 0 Å². The summed E-state index contributed by atoms with van der Waals surface area (Å²) in [4.78, 5) is 11.5. The fourth-order valence-corrected chi connectivity index (χ4v) is 0.803. The molecule has 0 heterocycles. The van der Waals surface area contributed by atoms with Gasteiger partial charge in [0.15, 0.2) is 0 Å². The van der Waals surface area contributed by atoms with Crippen LogP contribution < -0.4 is 0 Å². The highest BCUT2D eigenvalue weighted by Crippen LogP contribution is 2.20. The highest BCUT2D eigenvalue weighted by Gasteiger charge is 2.33. The molecule has 0 aliphatic rings. The van der Waals surface area contributed by atoms with Gasteiger partial charge in [0, 0.05) is 0 Å². The van der Waals surface area contributed by atoms with Crippen molar-refractivity contribution in [3.05, 3.63) is 0 Å². The number of aliphatic hydroxyl groups excluding tert-OH is 2. The minimum absolute atomic E-state index is 0.106. The fourth-order valence-electron chi connectivity index (χ4n) is 0.803. The van der Waals surface area contributed by atoms with E-state index >= 15 is 0 Å². The molecule has 0 fully saturated rings. The Bertz CT molecular complexity index is 201. The second-order valence-corrected chi connectivity index (χ2v) is 5.32. The van der Waals surface area contributed by atoms with Gasteiger partial charge in [-0.15, -0.1) is 0 Å². The molecule has 4 nitrogen and oxygen atoms in total. The van der Waals surface area contributed by atoms with Crippen molar-refractivity contribution in [2.45, 2.75) is 34.1 Å². The smallest absolute Gasteiger partial charge is 0.316 e. The summed E-state index contributed by atoms with van der Waals surface area (Å²) in [6.07, 6.45) is 0.756. The first-order valence-corrected chi connectivity index (χ1v) is 5.14. The Balaban J connectivity index is 4.04. The number of esters is 1. The van der Waals surface area contributed by atoms with Crippen molar-refractivity contribution in [2.75, 3.05) is 19.8 Å². The second kappa shape index (κ2) is 5.47. The highest BCUT2D eigenvalue weighted by molar-refractivity contribution is 5.76. The summed E-state index contributed by atoms with van der Waals surface area (Å²) in [7, 11) is 0. The molecule has 15 heavy (non-hydrogen) atoms. The summed E-state index contributed by atoms with van der Waals surface area (Å²) >= 11 is 0.